The molecule has 4 heteroatoms. The topological polar surface area (TPSA) is 47.7 Å². The zero-order valence-electron chi connectivity index (χ0n) is 12.7. The first kappa shape index (κ1) is 14.8. The summed E-state index contributed by atoms with van der Waals surface area (Å²) in [6.45, 7) is 4.44. The number of ether oxygens (including phenoxy) is 2. The third kappa shape index (κ3) is 3.76. The number of rotatable bonds is 6. The Labute approximate surface area is 127 Å². The summed E-state index contributed by atoms with van der Waals surface area (Å²) in [5.74, 6) is 0.938. The summed E-state index contributed by atoms with van der Waals surface area (Å²) in [5, 5.41) is 0. The Morgan fingerprint density at radius 2 is 2.10 bits per heavy atom. The van der Waals surface area contributed by atoms with Gasteiger partial charge in [0, 0.05) is 25.7 Å². The monoisotopic (exact) mass is 290 g/mol. The molecule has 1 aliphatic heterocycles. The number of nitrogens with zero attached hydrogens (tertiary/aromatic N) is 1. The van der Waals surface area contributed by atoms with Crippen LogP contribution in [0.15, 0.2) is 24.3 Å². The van der Waals surface area contributed by atoms with Crippen LogP contribution in [0.4, 0.5) is 0 Å². The fraction of sp³-hybridized carbons (Fsp3) is 0.647. The van der Waals surface area contributed by atoms with Gasteiger partial charge in [-0.05, 0) is 43.4 Å². The predicted molar refractivity (Wildman–Crippen MR) is 83.4 cm³/mol. The minimum Gasteiger partial charge on any atom is -0.494 e. The van der Waals surface area contributed by atoms with E-state index < -0.39 is 0 Å². The Kier molecular flexibility index (Phi) is 5.12. The standard InChI is InChI=1S/C17H26N2O2/c18-13-14-5-7-15(8-6-14)20-11-2-9-19-10-12-21-17-4-1-3-16(17)19/h5-8,16-17H,1-4,9-13,18H2. The van der Waals surface area contributed by atoms with Crippen molar-refractivity contribution in [2.24, 2.45) is 5.73 Å². The number of morpholine rings is 1. The normalized spacial score (nSPS) is 25.8. The number of benzene rings is 1. The molecule has 0 spiro atoms. The van der Waals surface area contributed by atoms with Crippen LogP contribution in [0.25, 0.3) is 0 Å². The average molecular weight is 290 g/mol. The van der Waals surface area contributed by atoms with Crippen molar-refractivity contribution in [3.8, 4) is 5.75 Å². The van der Waals surface area contributed by atoms with Gasteiger partial charge in [0.2, 0.25) is 0 Å². The maximum absolute atomic E-state index is 5.85. The molecule has 21 heavy (non-hydrogen) atoms. The summed E-state index contributed by atoms with van der Waals surface area (Å²) in [5.41, 5.74) is 6.73. The van der Waals surface area contributed by atoms with Crippen molar-refractivity contribution in [3.63, 3.8) is 0 Å². The van der Waals surface area contributed by atoms with E-state index in [1.165, 1.54) is 19.3 Å². The lowest BCUT2D eigenvalue weighted by Gasteiger charge is -2.37. The van der Waals surface area contributed by atoms with Gasteiger partial charge in [0.25, 0.3) is 0 Å². The molecule has 4 nitrogen and oxygen atoms in total. The molecule has 1 aliphatic carbocycles. The Bertz CT molecular complexity index is 435. The molecule has 3 rings (SSSR count). The zero-order chi connectivity index (χ0) is 14.5. The first-order chi connectivity index (χ1) is 10.4. The summed E-state index contributed by atoms with van der Waals surface area (Å²) in [6, 6.07) is 8.72. The van der Waals surface area contributed by atoms with Crippen LogP contribution in [0.5, 0.6) is 5.75 Å². The highest BCUT2D eigenvalue weighted by molar-refractivity contribution is 5.27. The van der Waals surface area contributed by atoms with Gasteiger partial charge in [-0.1, -0.05) is 12.1 Å². The molecule has 2 atom stereocenters. The minimum atomic E-state index is 0.489. The molecular formula is C17H26N2O2. The molecule has 2 N–H and O–H groups in total. The molecule has 1 heterocycles. The van der Waals surface area contributed by atoms with Crippen molar-refractivity contribution in [2.45, 2.75) is 44.4 Å². The number of nitrogens with two attached hydrogens (primary N) is 1. The molecule has 0 amide bonds. The van der Waals surface area contributed by atoms with E-state index in [4.69, 9.17) is 15.2 Å². The molecule has 1 saturated carbocycles. The van der Waals surface area contributed by atoms with Gasteiger partial charge >= 0.3 is 0 Å². The third-order valence-corrected chi connectivity index (χ3v) is 4.61. The second-order valence-corrected chi connectivity index (χ2v) is 5.99. The summed E-state index contributed by atoms with van der Waals surface area (Å²) in [6.07, 6.45) is 5.41. The Balaban J connectivity index is 1.39. The van der Waals surface area contributed by atoms with Crippen molar-refractivity contribution in [3.05, 3.63) is 29.8 Å². The fourth-order valence-electron chi connectivity index (χ4n) is 3.46. The van der Waals surface area contributed by atoms with Crippen LogP contribution in [0.1, 0.15) is 31.2 Å². The second kappa shape index (κ2) is 7.25. The maximum atomic E-state index is 5.85. The summed E-state index contributed by atoms with van der Waals surface area (Å²) < 4.78 is 11.7. The fourth-order valence-corrected chi connectivity index (χ4v) is 3.46. The Hall–Kier alpha value is -1.10. The summed E-state index contributed by atoms with van der Waals surface area (Å²) >= 11 is 0. The van der Waals surface area contributed by atoms with Gasteiger partial charge in [0.15, 0.2) is 0 Å². The van der Waals surface area contributed by atoms with E-state index >= 15 is 0 Å². The molecule has 0 radical (unpaired) electrons. The van der Waals surface area contributed by atoms with Gasteiger partial charge in [-0.25, -0.2) is 0 Å². The second-order valence-electron chi connectivity index (χ2n) is 5.99. The Morgan fingerprint density at radius 1 is 1.24 bits per heavy atom. The van der Waals surface area contributed by atoms with E-state index in [1.807, 2.05) is 24.3 Å². The van der Waals surface area contributed by atoms with Crippen LogP contribution in [-0.2, 0) is 11.3 Å². The lowest BCUT2D eigenvalue weighted by atomic mass is 10.1. The van der Waals surface area contributed by atoms with Crippen LogP contribution < -0.4 is 10.5 Å². The highest BCUT2D eigenvalue weighted by Crippen LogP contribution is 2.29. The molecule has 2 aliphatic rings. The molecule has 116 valence electrons. The van der Waals surface area contributed by atoms with Gasteiger partial charge in [0.1, 0.15) is 5.75 Å². The number of hydrogen-bond donors (Lipinski definition) is 1. The highest BCUT2D eigenvalue weighted by Gasteiger charge is 2.35. The van der Waals surface area contributed by atoms with Crippen LogP contribution in [0, 0.1) is 0 Å². The molecule has 1 saturated heterocycles. The molecule has 0 bridgehead atoms. The van der Waals surface area contributed by atoms with Gasteiger partial charge in [-0.3, -0.25) is 4.90 Å². The largest absolute Gasteiger partial charge is 0.494 e. The maximum Gasteiger partial charge on any atom is 0.119 e. The predicted octanol–water partition coefficient (Wildman–Crippen LogP) is 2.17. The lowest BCUT2D eigenvalue weighted by molar-refractivity contribution is -0.0564. The zero-order valence-corrected chi connectivity index (χ0v) is 12.7. The minimum absolute atomic E-state index is 0.489. The molecule has 2 fully saturated rings. The van der Waals surface area contributed by atoms with E-state index in [2.05, 4.69) is 4.90 Å². The van der Waals surface area contributed by atoms with E-state index in [-0.39, 0.29) is 0 Å². The average Bonchev–Trinajstić information content (AvgIpc) is 3.01. The van der Waals surface area contributed by atoms with Crippen molar-refractivity contribution in [1.29, 1.82) is 0 Å². The molecule has 1 aromatic carbocycles. The van der Waals surface area contributed by atoms with Crippen LogP contribution in [-0.4, -0.2) is 43.3 Å². The smallest absolute Gasteiger partial charge is 0.119 e. The van der Waals surface area contributed by atoms with E-state index in [0.717, 1.165) is 44.0 Å². The van der Waals surface area contributed by atoms with Crippen LogP contribution in [0.3, 0.4) is 0 Å². The lowest BCUT2D eigenvalue weighted by Crippen LogP contribution is -2.48. The third-order valence-electron chi connectivity index (χ3n) is 4.61. The van der Waals surface area contributed by atoms with Crippen molar-refractivity contribution in [2.75, 3.05) is 26.3 Å². The molecule has 0 aromatic heterocycles. The van der Waals surface area contributed by atoms with Gasteiger partial charge in [-0.15, -0.1) is 0 Å². The summed E-state index contributed by atoms with van der Waals surface area (Å²) in [4.78, 5) is 2.60. The SMILES string of the molecule is NCc1ccc(OCCCN2CCOC3CCCC32)cc1. The van der Waals surface area contributed by atoms with Crippen molar-refractivity contribution >= 4 is 0 Å². The highest BCUT2D eigenvalue weighted by atomic mass is 16.5. The number of hydrogen-bond acceptors (Lipinski definition) is 4. The van der Waals surface area contributed by atoms with E-state index in [0.29, 0.717) is 18.7 Å². The first-order valence-electron chi connectivity index (χ1n) is 8.14. The van der Waals surface area contributed by atoms with Gasteiger partial charge in [0.05, 0.1) is 19.3 Å². The molecule has 1 aromatic rings. The van der Waals surface area contributed by atoms with Crippen molar-refractivity contribution < 1.29 is 9.47 Å². The molecule has 2 unspecified atom stereocenters. The van der Waals surface area contributed by atoms with Crippen LogP contribution in [0.2, 0.25) is 0 Å². The van der Waals surface area contributed by atoms with E-state index in [1.54, 1.807) is 0 Å². The molecular weight excluding hydrogens is 264 g/mol. The summed E-state index contributed by atoms with van der Waals surface area (Å²) in [7, 11) is 0. The van der Waals surface area contributed by atoms with Gasteiger partial charge < -0.3 is 15.2 Å². The first-order valence-corrected chi connectivity index (χ1v) is 8.14. The van der Waals surface area contributed by atoms with Crippen LogP contribution >= 0.6 is 0 Å². The van der Waals surface area contributed by atoms with Crippen molar-refractivity contribution in [1.82, 2.24) is 4.90 Å². The Morgan fingerprint density at radius 3 is 2.90 bits per heavy atom. The quantitative estimate of drug-likeness (QED) is 0.816. The van der Waals surface area contributed by atoms with E-state index in [9.17, 15) is 0 Å². The number of fused-ring (bicyclic) bond motifs is 1. The van der Waals surface area contributed by atoms with Gasteiger partial charge in [-0.2, -0.15) is 0 Å².